The van der Waals surface area contributed by atoms with Crippen LogP contribution < -0.4 is 5.73 Å². The van der Waals surface area contributed by atoms with Crippen molar-refractivity contribution >= 4 is 10.0 Å². The molecule has 1 aromatic rings. The van der Waals surface area contributed by atoms with Gasteiger partial charge >= 0.3 is 0 Å². The molecule has 7 heteroatoms. The summed E-state index contributed by atoms with van der Waals surface area (Å²) in [5.74, 6) is -2.58. The maximum absolute atomic E-state index is 13.5. The maximum Gasteiger partial charge on any atom is 0.245 e. The van der Waals surface area contributed by atoms with Gasteiger partial charge in [-0.05, 0) is 17.7 Å². The Morgan fingerprint density at radius 1 is 1.35 bits per heavy atom. The van der Waals surface area contributed by atoms with Crippen molar-refractivity contribution in [3.05, 3.63) is 29.3 Å². The first kappa shape index (κ1) is 14.0. The average molecular weight is 264 g/mol. The normalized spacial score (nSPS) is 12.1. The number of benzene rings is 1. The first-order valence-electron chi connectivity index (χ1n) is 4.99. The Hall–Kier alpha value is -1.05. The fourth-order valence-corrected chi connectivity index (χ4v) is 2.56. The zero-order valence-electron chi connectivity index (χ0n) is 9.57. The molecule has 0 aliphatic heterocycles. The van der Waals surface area contributed by atoms with Gasteiger partial charge in [0.2, 0.25) is 10.0 Å². The number of sulfonamides is 1. The predicted molar refractivity (Wildman–Crippen MR) is 59.7 cm³/mol. The van der Waals surface area contributed by atoms with E-state index in [2.05, 4.69) is 0 Å². The molecular formula is C10H14F2N2O2S. The van der Waals surface area contributed by atoms with Gasteiger partial charge in [-0.25, -0.2) is 21.5 Å². The SMILES string of the molecule is CCN(C)S(=O)(=O)c1cc(CN)cc(F)c1F. The molecular weight excluding hydrogens is 250 g/mol. The Kier molecular flexibility index (Phi) is 4.18. The van der Waals surface area contributed by atoms with Gasteiger partial charge in [-0.2, -0.15) is 0 Å². The van der Waals surface area contributed by atoms with Crippen molar-refractivity contribution in [2.75, 3.05) is 13.6 Å². The van der Waals surface area contributed by atoms with Gasteiger partial charge in [0, 0.05) is 20.1 Å². The number of nitrogens with zero attached hydrogens (tertiary/aromatic N) is 1. The monoisotopic (exact) mass is 264 g/mol. The number of hydrogen-bond donors (Lipinski definition) is 1. The second-order valence-corrected chi connectivity index (χ2v) is 5.53. The maximum atomic E-state index is 13.5. The van der Waals surface area contributed by atoms with E-state index in [4.69, 9.17) is 5.73 Å². The zero-order chi connectivity index (χ0) is 13.2. The van der Waals surface area contributed by atoms with Crippen LogP contribution >= 0.6 is 0 Å². The molecule has 0 amide bonds. The van der Waals surface area contributed by atoms with Gasteiger partial charge < -0.3 is 5.73 Å². The summed E-state index contributed by atoms with van der Waals surface area (Å²) in [6, 6.07) is 1.94. The lowest BCUT2D eigenvalue weighted by atomic mass is 10.2. The standard InChI is InChI=1S/C10H14F2N2O2S/c1-3-14(2)17(15,16)9-5-7(6-13)4-8(11)10(9)12/h4-5H,3,6,13H2,1-2H3. The fraction of sp³-hybridized carbons (Fsp3) is 0.400. The van der Waals surface area contributed by atoms with Crippen molar-refractivity contribution in [3.8, 4) is 0 Å². The Bertz CT molecular complexity index is 517. The van der Waals surface area contributed by atoms with Crippen LogP contribution in [0.5, 0.6) is 0 Å². The predicted octanol–water partition coefficient (Wildman–Crippen LogP) is 1.06. The molecule has 0 radical (unpaired) electrons. The summed E-state index contributed by atoms with van der Waals surface area (Å²) in [7, 11) is -2.72. The molecule has 0 spiro atoms. The van der Waals surface area contributed by atoms with E-state index in [0.29, 0.717) is 0 Å². The number of halogens is 2. The van der Waals surface area contributed by atoms with Crippen molar-refractivity contribution in [1.82, 2.24) is 4.31 Å². The van der Waals surface area contributed by atoms with Crippen LogP contribution in [0.4, 0.5) is 8.78 Å². The van der Waals surface area contributed by atoms with E-state index >= 15 is 0 Å². The van der Waals surface area contributed by atoms with Crippen LogP contribution in [0.15, 0.2) is 17.0 Å². The van der Waals surface area contributed by atoms with Crippen LogP contribution in [-0.2, 0) is 16.6 Å². The minimum absolute atomic E-state index is 0.0600. The second kappa shape index (κ2) is 5.07. The van der Waals surface area contributed by atoms with Crippen LogP contribution in [0.2, 0.25) is 0 Å². The van der Waals surface area contributed by atoms with E-state index in [1.807, 2.05) is 0 Å². The molecule has 0 aliphatic rings. The number of nitrogens with two attached hydrogens (primary N) is 1. The van der Waals surface area contributed by atoms with E-state index in [9.17, 15) is 17.2 Å². The van der Waals surface area contributed by atoms with Gasteiger partial charge in [0.15, 0.2) is 11.6 Å². The molecule has 2 N–H and O–H groups in total. The average Bonchev–Trinajstić information content (AvgIpc) is 2.30. The highest BCUT2D eigenvalue weighted by atomic mass is 32.2. The molecule has 1 aromatic carbocycles. The lowest BCUT2D eigenvalue weighted by Gasteiger charge is -2.16. The summed E-state index contributed by atoms with van der Waals surface area (Å²) in [6.07, 6.45) is 0. The molecule has 0 saturated carbocycles. The summed E-state index contributed by atoms with van der Waals surface area (Å²) in [5.41, 5.74) is 5.52. The minimum Gasteiger partial charge on any atom is -0.326 e. The van der Waals surface area contributed by atoms with Gasteiger partial charge in [0.05, 0.1) is 0 Å². The molecule has 0 unspecified atom stereocenters. The fourth-order valence-electron chi connectivity index (χ4n) is 1.26. The van der Waals surface area contributed by atoms with Gasteiger partial charge in [0.25, 0.3) is 0 Å². The Morgan fingerprint density at radius 3 is 2.41 bits per heavy atom. The van der Waals surface area contributed by atoms with Crippen LogP contribution in [0.3, 0.4) is 0 Å². The molecule has 0 heterocycles. The first-order valence-corrected chi connectivity index (χ1v) is 6.43. The molecule has 0 atom stereocenters. The molecule has 1 rings (SSSR count). The van der Waals surface area contributed by atoms with Gasteiger partial charge in [-0.15, -0.1) is 0 Å². The third kappa shape index (κ3) is 2.62. The number of hydrogen-bond acceptors (Lipinski definition) is 3. The summed E-state index contributed by atoms with van der Waals surface area (Å²) in [4.78, 5) is -0.678. The third-order valence-corrected chi connectivity index (χ3v) is 4.36. The molecule has 0 fully saturated rings. The van der Waals surface area contributed by atoms with E-state index in [1.165, 1.54) is 7.05 Å². The van der Waals surface area contributed by atoms with Gasteiger partial charge in [-0.1, -0.05) is 6.92 Å². The van der Waals surface area contributed by atoms with Gasteiger partial charge in [0.1, 0.15) is 4.90 Å². The Balaban J connectivity index is 3.45. The van der Waals surface area contributed by atoms with Crippen LogP contribution in [-0.4, -0.2) is 26.3 Å². The van der Waals surface area contributed by atoms with Crippen molar-refractivity contribution < 1.29 is 17.2 Å². The van der Waals surface area contributed by atoms with Gasteiger partial charge in [-0.3, -0.25) is 0 Å². The Labute approximate surface area is 99.1 Å². The number of rotatable bonds is 4. The smallest absolute Gasteiger partial charge is 0.245 e. The molecule has 17 heavy (non-hydrogen) atoms. The van der Waals surface area contributed by atoms with Crippen molar-refractivity contribution in [2.24, 2.45) is 5.73 Å². The molecule has 0 saturated heterocycles. The van der Waals surface area contributed by atoms with E-state index in [-0.39, 0.29) is 18.7 Å². The highest BCUT2D eigenvalue weighted by Gasteiger charge is 2.26. The summed E-state index contributed by atoms with van der Waals surface area (Å²) in [5, 5.41) is 0. The summed E-state index contributed by atoms with van der Waals surface area (Å²) >= 11 is 0. The van der Waals surface area contributed by atoms with Crippen molar-refractivity contribution in [2.45, 2.75) is 18.4 Å². The van der Waals surface area contributed by atoms with Crippen LogP contribution in [0, 0.1) is 11.6 Å². The third-order valence-electron chi connectivity index (χ3n) is 2.42. The first-order chi connectivity index (χ1) is 7.84. The van der Waals surface area contributed by atoms with E-state index < -0.39 is 26.6 Å². The van der Waals surface area contributed by atoms with Crippen molar-refractivity contribution in [3.63, 3.8) is 0 Å². The topological polar surface area (TPSA) is 63.4 Å². The largest absolute Gasteiger partial charge is 0.326 e. The molecule has 0 aliphatic carbocycles. The molecule has 96 valence electrons. The highest BCUT2D eigenvalue weighted by molar-refractivity contribution is 7.89. The second-order valence-electron chi connectivity index (χ2n) is 3.51. The van der Waals surface area contributed by atoms with E-state index in [1.54, 1.807) is 6.92 Å². The lowest BCUT2D eigenvalue weighted by Crippen LogP contribution is -2.27. The molecule has 4 nitrogen and oxygen atoms in total. The summed E-state index contributed by atoms with van der Waals surface area (Å²) in [6.45, 7) is 1.70. The van der Waals surface area contributed by atoms with E-state index in [0.717, 1.165) is 16.4 Å². The minimum atomic E-state index is -4.01. The van der Waals surface area contributed by atoms with Crippen LogP contribution in [0.25, 0.3) is 0 Å². The quantitative estimate of drug-likeness (QED) is 0.884. The zero-order valence-corrected chi connectivity index (χ0v) is 10.4. The highest BCUT2D eigenvalue weighted by Crippen LogP contribution is 2.22. The van der Waals surface area contributed by atoms with Crippen LogP contribution in [0.1, 0.15) is 12.5 Å². The summed E-state index contributed by atoms with van der Waals surface area (Å²) < 4.78 is 51.4. The molecule has 0 bridgehead atoms. The molecule has 0 aromatic heterocycles. The van der Waals surface area contributed by atoms with Crippen molar-refractivity contribution in [1.29, 1.82) is 0 Å². The lowest BCUT2D eigenvalue weighted by molar-refractivity contribution is 0.457. The Morgan fingerprint density at radius 2 is 1.94 bits per heavy atom.